The second-order valence-corrected chi connectivity index (χ2v) is 3.66. The molecular formula is C12H14FNS. The van der Waals surface area contributed by atoms with Crippen LogP contribution in [0.4, 0.5) is 4.39 Å². The van der Waals surface area contributed by atoms with Gasteiger partial charge in [0.25, 0.3) is 0 Å². The topological polar surface area (TPSA) is 12.9 Å². The number of hydrogen-bond donors (Lipinski definition) is 0. The Morgan fingerprint density at radius 2 is 2.00 bits per heavy atom. The zero-order chi connectivity index (χ0) is 11.3. The number of benzene rings is 1. The first kappa shape index (κ1) is 11.9. The van der Waals surface area contributed by atoms with Crippen molar-refractivity contribution in [3.8, 4) is 10.6 Å². The van der Waals surface area contributed by atoms with Gasteiger partial charge in [-0.05, 0) is 19.1 Å². The van der Waals surface area contributed by atoms with Crippen molar-refractivity contribution in [1.82, 2.24) is 4.98 Å². The number of aryl methyl sites for hydroxylation is 1. The summed E-state index contributed by atoms with van der Waals surface area (Å²) in [5.74, 6) is -0.217. The SMILES string of the molecule is CC.Cc1csc(-c2cccc(F)c2)n1. The zero-order valence-electron chi connectivity index (χ0n) is 9.12. The van der Waals surface area contributed by atoms with Crippen molar-refractivity contribution in [2.75, 3.05) is 0 Å². The first-order valence-corrected chi connectivity index (χ1v) is 5.82. The lowest BCUT2D eigenvalue weighted by atomic mass is 10.2. The van der Waals surface area contributed by atoms with Crippen LogP contribution in [0.15, 0.2) is 29.6 Å². The summed E-state index contributed by atoms with van der Waals surface area (Å²) in [6, 6.07) is 6.49. The molecule has 0 amide bonds. The van der Waals surface area contributed by atoms with E-state index >= 15 is 0 Å². The van der Waals surface area contributed by atoms with Gasteiger partial charge in [-0.2, -0.15) is 0 Å². The average Bonchev–Trinajstić information content (AvgIpc) is 2.68. The Balaban J connectivity index is 0.000000531. The summed E-state index contributed by atoms with van der Waals surface area (Å²) in [5, 5.41) is 2.83. The minimum Gasteiger partial charge on any atom is -0.241 e. The molecule has 2 aromatic rings. The molecule has 0 spiro atoms. The molecular weight excluding hydrogens is 209 g/mol. The highest BCUT2D eigenvalue weighted by atomic mass is 32.1. The Labute approximate surface area is 93.6 Å². The van der Waals surface area contributed by atoms with Crippen molar-refractivity contribution in [2.24, 2.45) is 0 Å². The van der Waals surface area contributed by atoms with Crippen molar-refractivity contribution in [3.63, 3.8) is 0 Å². The predicted octanol–water partition coefficient (Wildman–Crippen LogP) is 4.28. The van der Waals surface area contributed by atoms with Crippen LogP contribution in [0.5, 0.6) is 0 Å². The van der Waals surface area contributed by atoms with Gasteiger partial charge >= 0.3 is 0 Å². The Kier molecular flexibility index (Phi) is 4.43. The lowest BCUT2D eigenvalue weighted by Crippen LogP contribution is -1.78. The molecule has 1 heterocycles. The summed E-state index contributed by atoms with van der Waals surface area (Å²) in [4.78, 5) is 4.27. The molecule has 80 valence electrons. The number of aromatic nitrogens is 1. The fourth-order valence-corrected chi connectivity index (χ4v) is 1.90. The molecule has 15 heavy (non-hydrogen) atoms. The molecule has 2 rings (SSSR count). The monoisotopic (exact) mass is 223 g/mol. The number of rotatable bonds is 1. The minimum absolute atomic E-state index is 0.217. The van der Waals surface area contributed by atoms with Gasteiger partial charge in [0.15, 0.2) is 0 Å². The Hall–Kier alpha value is -1.22. The van der Waals surface area contributed by atoms with E-state index in [0.29, 0.717) is 0 Å². The predicted molar refractivity (Wildman–Crippen MR) is 63.6 cm³/mol. The molecule has 1 aromatic carbocycles. The van der Waals surface area contributed by atoms with Crippen molar-refractivity contribution in [1.29, 1.82) is 0 Å². The first-order valence-electron chi connectivity index (χ1n) is 4.94. The second-order valence-electron chi connectivity index (χ2n) is 2.80. The standard InChI is InChI=1S/C10H8FNS.C2H6/c1-7-6-13-10(12-7)8-3-2-4-9(11)5-8;1-2/h2-6H,1H3;1-2H3. The fourth-order valence-electron chi connectivity index (χ4n) is 1.11. The Morgan fingerprint density at radius 3 is 2.53 bits per heavy atom. The van der Waals surface area contributed by atoms with Gasteiger partial charge in [0.05, 0.1) is 0 Å². The van der Waals surface area contributed by atoms with E-state index in [2.05, 4.69) is 4.98 Å². The summed E-state index contributed by atoms with van der Waals surface area (Å²) in [6.45, 7) is 5.93. The van der Waals surface area contributed by atoms with Crippen LogP contribution in [-0.4, -0.2) is 4.98 Å². The normalized spacial score (nSPS) is 9.33. The summed E-state index contributed by atoms with van der Waals surface area (Å²) >= 11 is 1.53. The van der Waals surface area contributed by atoms with E-state index < -0.39 is 0 Å². The van der Waals surface area contributed by atoms with Crippen molar-refractivity contribution < 1.29 is 4.39 Å². The summed E-state index contributed by atoms with van der Waals surface area (Å²) in [5.41, 5.74) is 1.82. The molecule has 0 aliphatic carbocycles. The van der Waals surface area contributed by atoms with Crippen LogP contribution >= 0.6 is 11.3 Å². The molecule has 1 aromatic heterocycles. The van der Waals surface area contributed by atoms with Crippen LogP contribution in [0.25, 0.3) is 10.6 Å². The van der Waals surface area contributed by atoms with Crippen molar-refractivity contribution in [2.45, 2.75) is 20.8 Å². The van der Waals surface area contributed by atoms with Gasteiger partial charge in [-0.15, -0.1) is 11.3 Å². The molecule has 0 N–H and O–H groups in total. The summed E-state index contributed by atoms with van der Waals surface area (Å²) in [6.07, 6.45) is 0. The van der Waals surface area contributed by atoms with E-state index in [1.54, 1.807) is 6.07 Å². The molecule has 3 heteroatoms. The zero-order valence-corrected chi connectivity index (χ0v) is 9.94. The van der Waals surface area contributed by atoms with E-state index in [9.17, 15) is 4.39 Å². The molecule has 0 atom stereocenters. The Bertz CT molecular complexity index is 423. The van der Waals surface area contributed by atoms with E-state index in [0.717, 1.165) is 16.3 Å². The highest BCUT2D eigenvalue weighted by molar-refractivity contribution is 7.13. The largest absolute Gasteiger partial charge is 0.241 e. The average molecular weight is 223 g/mol. The number of halogens is 1. The van der Waals surface area contributed by atoms with Crippen LogP contribution in [0.2, 0.25) is 0 Å². The maximum absolute atomic E-state index is 12.8. The lowest BCUT2D eigenvalue weighted by Gasteiger charge is -1.94. The number of thiazole rings is 1. The molecule has 0 saturated carbocycles. The van der Waals surface area contributed by atoms with Crippen LogP contribution in [0, 0.1) is 12.7 Å². The van der Waals surface area contributed by atoms with Gasteiger partial charge < -0.3 is 0 Å². The van der Waals surface area contributed by atoms with Crippen molar-refractivity contribution >= 4 is 11.3 Å². The van der Waals surface area contributed by atoms with Gasteiger partial charge in [-0.1, -0.05) is 26.0 Å². The lowest BCUT2D eigenvalue weighted by molar-refractivity contribution is 0.628. The first-order chi connectivity index (χ1) is 7.25. The van der Waals surface area contributed by atoms with E-state index in [-0.39, 0.29) is 5.82 Å². The van der Waals surface area contributed by atoms with Gasteiger partial charge in [0.1, 0.15) is 10.8 Å². The third-order valence-corrected chi connectivity index (χ3v) is 2.70. The molecule has 0 radical (unpaired) electrons. The van der Waals surface area contributed by atoms with Gasteiger partial charge in [-0.3, -0.25) is 0 Å². The van der Waals surface area contributed by atoms with Crippen LogP contribution in [0.3, 0.4) is 0 Å². The molecule has 0 aliphatic rings. The fraction of sp³-hybridized carbons (Fsp3) is 0.250. The highest BCUT2D eigenvalue weighted by Crippen LogP contribution is 2.23. The maximum Gasteiger partial charge on any atom is 0.123 e. The minimum atomic E-state index is -0.217. The van der Waals surface area contributed by atoms with Gasteiger partial charge in [0.2, 0.25) is 0 Å². The van der Waals surface area contributed by atoms with E-state index in [1.165, 1.54) is 23.5 Å². The third kappa shape index (κ3) is 3.13. The molecule has 0 unspecified atom stereocenters. The number of nitrogens with zero attached hydrogens (tertiary/aromatic N) is 1. The quantitative estimate of drug-likeness (QED) is 0.703. The molecule has 0 aliphatic heterocycles. The molecule has 0 fully saturated rings. The Morgan fingerprint density at radius 1 is 1.27 bits per heavy atom. The van der Waals surface area contributed by atoms with Gasteiger partial charge in [0, 0.05) is 16.6 Å². The molecule has 0 saturated heterocycles. The van der Waals surface area contributed by atoms with E-state index in [4.69, 9.17) is 0 Å². The van der Waals surface area contributed by atoms with Crippen LogP contribution < -0.4 is 0 Å². The summed E-state index contributed by atoms with van der Waals surface area (Å²) in [7, 11) is 0. The molecule has 1 nitrogen and oxygen atoms in total. The van der Waals surface area contributed by atoms with Crippen molar-refractivity contribution in [3.05, 3.63) is 41.2 Å². The van der Waals surface area contributed by atoms with E-state index in [1.807, 2.05) is 32.2 Å². The van der Waals surface area contributed by atoms with Crippen LogP contribution in [-0.2, 0) is 0 Å². The smallest absolute Gasteiger partial charge is 0.123 e. The number of hydrogen-bond acceptors (Lipinski definition) is 2. The third-order valence-electron chi connectivity index (χ3n) is 1.69. The van der Waals surface area contributed by atoms with Gasteiger partial charge in [-0.25, -0.2) is 9.37 Å². The second kappa shape index (κ2) is 5.61. The molecule has 0 bridgehead atoms. The maximum atomic E-state index is 12.8. The highest BCUT2D eigenvalue weighted by Gasteiger charge is 2.02. The summed E-state index contributed by atoms with van der Waals surface area (Å²) < 4.78 is 12.8. The van der Waals surface area contributed by atoms with Crippen LogP contribution in [0.1, 0.15) is 19.5 Å².